The molecular formula is C13H12N2O3. The molecule has 0 saturated carbocycles. The lowest BCUT2D eigenvalue weighted by Gasteiger charge is -2.02. The van der Waals surface area contributed by atoms with Crippen molar-refractivity contribution >= 4 is 18.1 Å². The van der Waals surface area contributed by atoms with Crippen LogP contribution in [0.3, 0.4) is 0 Å². The number of hydrogen-bond acceptors (Lipinski definition) is 4. The van der Waals surface area contributed by atoms with E-state index >= 15 is 0 Å². The van der Waals surface area contributed by atoms with Crippen LogP contribution in [-0.2, 0) is 9.53 Å². The average molecular weight is 244 g/mol. The van der Waals surface area contributed by atoms with Gasteiger partial charge in [0.1, 0.15) is 11.6 Å². The quantitative estimate of drug-likeness (QED) is 0.650. The third kappa shape index (κ3) is 4.10. The number of carbonyl (C=O) groups is 2. The molecule has 0 aromatic heterocycles. The van der Waals surface area contributed by atoms with E-state index in [9.17, 15) is 9.59 Å². The molecule has 0 aliphatic rings. The van der Waals surface area contributed by atoms with Crippen molar-refractivity contribution in [1.82, 2.24) is 5.32 Å². The van der Waals surface area contributed by atoms with Crippen molar-refractivity contribution in [3.8, 4) is 6.07 Å². The molecule has 0 fully saturated rings. The summed E-state index contributed by atoms with van der Waals surface area (Å²) in [6.07, 6.45) is 0.533. The van der Waals surface area contributed by atoms with Crippen molar-refractivity contribution in [2.75, 3.05) is 6.61 Å². The van der Waals surface area contributed by atoms with Crippen molar-refractivity contribution in [3.63, 3.8) is 0 Å². The number of nitrogens with one attached hydrogen (secondary N) is 1. The lowest BCUT2D eigenvalue weighted by atomic mass is 10.1. The van der Waals surface area contributed by atoms with E-state index in [0.29, 0.717) is 5.56 Å². The van der Waals surface area contributed by atoms with Crippen molar-refractivity contribution < 1.29 is 14.3 Å². The highest BCUT2D eigenvalue weighted by Gasteiger charge is 2.13. The molecule has 0 atom stereocenters. The van der Waals surface area contributed by atoms with Gasteiger partial charge < -0.3 is 4.74 Å². The first-order valence-electron chi connectivity index (χ1n) is 5.32. The predicted molar refractivity (Wildman–Crippen MR) is 65.2 cm³/mol. The zero-order valence-corrected chi connectivity index (χ0v) is 9.84. The number of imide groups is 1. The Morgan fingerprint density at radius 3 is 2.61 bits per heavy atom. The van der Waals surface area contributed by atoms with Crippen LogP contribution < -0.4 is 5.32 Å². The van der Waals surface area contributed by atoms with Crippen LogP contribution in [0, 0.1) is 11.3 Å². The molecule has 0 unspecified atom stereocenters. The number of alkyl carbamates (subject to hydrolysis) is 1. The van der Waals surface area contributed by atoms with Gasteiger partial charge in [-0.1, -0.05) is 30.3 Å². The molecule has 0 aliphatic carbocycles. The van der Waals surface area contributed by atoms with Gasteiger partial charge in [0.05, 0.1) is 6.61 Å². The summed E-state index contributed by atoms with van der Waals surface area (Å²) in [4.78, 5) is 22.6. The van der Waals surface area contributed by atoms with Gasteiger partial charge in [-0.2, -0.15) is 5.26 Å². The van der Waals surface area contributed by atoms with E-state index in [1.807, 2.05) is 11.4 Å². The summed E-state index contributed by atoms with van der Waals surface area (Å²) in [6.45, 7) is 1.78. The Balaban J connectivity index is 2.79. The third-order valence-corrected chi connectivity index (χ3v) is 1.97. The second-order valence-electron chi connectivity index (χ2n) is 3.26. The molecule has 18 heavy (non-hydrogen) atoms. The van der Waals surface area contributed by atoms with Gasteiger partial charge in [-0.15, -0.1) is 0 Å². The van der Waals surface area contributed by atoms with Crippen LogP contribution in [0.15, 0.2) is 35.9 Å². The summed E-state index contributed by atoms with van der Waals surface area (Å²) >= 11 is 0. The van der Waals surface area contributed by atoms with Crippen molar-refractivity contribution in [2.45, 2.75) is 6.92 Å². The largest absolute Gasteiger partial charge is 0.450 e. The maximum absolute atomic E-state index is 11.6. The van der Waals surface area contributed by atoms with E-state index in [1.165, 1.54) is 6.08 Å². The minimum Gasteiger partial charge on any atom is -0.450 e. The predicted octanol–water partition coefficient (Wildman–Crippen LogP) is 1.87. The molecule has 1 aromatic carbocycles. The van der Waals surface area contributed by atoms with Gasteiger partial charge in [-0.25, -0.2) is 4.79 Å². The summed E-state index contributed by atoms with van der Waals surface area (Å²) in [6, 6.07) is 10.6. The van der Waals surface area contributed by atoms with E-state index in [2.05, 4.69) is 4.74 Å². The minimum absolute atomic E-state index is 0.156. The lowest BCUT2D eigenvalue weighted by Crippen LogP contribution is -2.31. The number of ether oxygens (including phenoxy) is 1. The Kier molecular flexibility index (Phi) is 5.13. The van der Waals surface area contributed by atoms with Crippen LogP contribution in [0.2, 0.25) is 0 Å². The topological polar surface area (TPSA) is 79.2 Å². The van der Waals surface area contributed by atoms with E-state index in [-0.39, 0.29) is 12.2 Å². The Labute approximate surface area is 105 Å². The molecule has 1 rings (SSSR count). The van der Waals surface area contributed by atoms with Gasteiger partial charge in [0, 0.05) is 0 Å². The second-order valence-corrected chi connectivity index (χ2v) is 3.26. The van der Waals surface area contributed by atoms with Crippen LogP contribution in [0.1, 0.15) is 12.5 Å². The first-order chi connectivity index (χ1) is 8.67. The highest BCUT2D eigenvalue weighted by atomic mass is 16.5. The Bertz CT molecular complexity index is 501. The van der Waals surface area contributed by atoms with Crippen LogP contribution in [0.25, 0.3) is 6.08 Å². The number of rotatable bonds is 3. The first kappa shape index (κ1) is 13.5. The molecule has 0 radical (unpaired) electrons. The third-order valence-electron chi connectivity index (χ3n) is 1.97. The maximum atomic E-state index is 11.6. The van der Waals surface area contributed by atoms with Crippen LogP contribution in [-0.4, -0.2) is 18.6 Å². The smallest absolute Gasteiger partial charge is 0.414 e. The van der Waals surface area contributed by atoms with E-state index in [0.717, 1.165) is 0 Å². The fraction of sp³-hybridized carbons (Fsp3) is 0.154. The zero-order valence-electron chi connectivity index (χ0n) is 9.84. The fourth-order valence-corrected chi connectivity index (χ4v) is 1.19. The zero-order chi connectivity index (χ0) is 13.4. The Morgan fingerprint density at radius 2 is 2.06 bits per heavy atom. The summed E-state index contributed by atoms with van der Waals surface area (Å²) < 4.78 is 4.55. The molecule has 0 heterocycles. The van der Waals surface area contributed by atoms with Gasteiger partial charge >= 0.3 is 6.09 Å². The molecule has 0 saturated heterocycles. The van der Waals surface area contributed by atoms with Gasteiger partial charge in [0.25, 0.3) is 5.91 Å². The molecule has 1 N–H and O–H groups in total. The summed E-state index contributed by atoms with van der Waals surface area (Å²) in [5.74, 6) is -0.778. The van der Waals surface area contributed by atoms with E-state index in [4.69, 9.17) is 5.26 Å². The number of nitriles is 1. The van der Waals surface area contributed by atoms with Crippen LogP contribution in [0.5, 0.6) is 0 Å². The first-order valence-corrected chi connectivity index (χ1v) is 5.32. The standard InChI is InChI=1S/C13H12N2O3/c1-2-18-13(17)15-12(16)11(9-14)8-10-6-4-3-5-7-10/h3-8H,2H2,1H3,(H,15,16,17). The molecule has 0 spiro atoms. The molecule has 2 amide bonds. The van der Waals surface area contributed by atoms with E-state index < -0.39 is 12.0 Å². The maximum Gasteiger partial charge on any atom is 0.414 e. The summed E-state index contributed by atoms with van der Waals surface area (Å²) in [7, 11) is 0. The summed E-state index contributed by atoms with van der Waals surface area (Å²) in [5, 5.41) is 10.8. The van der Waals surface area contributed by atoms with Gasteiger partial charge in [-0.05, 0) is 18.6 Å². The molecule has 92 valence electrons. The number of carbonyl (C=O) groups excluding carboxylic acids is 2. The molecule has 5 heteroatoms. The number of hydrogen-bond donors (Lipinski definition) is 1. The van der Waals surface area contributed by atoms with Gasteiger partial charge in [0.2, 0.25) is 0 Å². The SMILES string of the molecule is CCOC(=O)NC(=O)C(C#N)=Cc1ccccc1. The minimum atomic E-state index is -0.864. The Morgan fingerprint density at radius 1 is 1.39 bits per heavy atom. The van der Waals surface area contributed by atoms with Gasteiger partial charge in [0.15, 0.2) is 0 Å². The normalized spacial score (nSPS) is 10.3. The molecule has 0 bridgehead atoms. The van der Waals surface area contributed by atoms with Crippen molar-refractivity contribution in [3.05, 3.63) is 41.5 Å². The van der Waals surface area contributed by atoms with Crippen LogP contribution in [0.4, 0.5) is 4.79 Å². The van der Waals surface area contributed by atoms with Gasteiger partial charge in [-0.3, -0.25) is 10.1 Å². The molecular weight excluding hydrogens is 232 g/mol. The summed E-state index contributed by atoms with van der Waals surface area (Å²) in [5.41, 5.74) is 0.544. The number of amides is 2. The monoisotopic (exact) mass is 244 g/mol. The van der Waals surface area contributed by atoms with Crippen molar-refractivity contribution in [1.29, 1.82) is 5.26 Å². The molecule has 1 aromatic rings. The highest BCUT2D eigenvalue weighted by Crippen LogP contribution is 2.06. The van der Waals surface area contributed by atoms with Crippen molar-refractivity contribution in [2.24, 2.45) is 0 Å². The molecule has 0 aliphatic heterocycles. The second kappa shape index (κ2) is 6.86. The fourth-order valence-electron chi connectivity index (χ4n) is 1.19. The number of benzene rings is 1. The average Bonchev–Trinajstić information content (AvgIpc) is 2.37. The van der Waals surface area contributed by atoms with E-state index in [1.54, 1.807) is 37.3 Å². The highest BCUT2D eigenvalue weighted by molar-refractivity contribution is 6.07. The Hall–Kier alpha value is -2.61. The number of nitrogens with zero attached hydrogens (tertiary/aromatic N) is 1. The molecule has 5 nitrogen and oxygen atoms in total. The lowest BCUT2D eigenvalue weighted by molar-refractivity contribution is -0.116. The van der Waals surface area contributed by atoms with Crippen LogP contribution >= 0.6 is 0 Å².